The van der Waals surface area contributed by atoms with Gasteiger partial charge in [-0.05, 0) is 64.2 Å². The number of aliphatic carboxylic acids is 1. The summed E-state index contributed by atoms with van der Waals surface area (Å²) >= 11 is 0. The molecule has 0 spiro atoms. The van der Waals surface area contributed by atoms with E-state index in [-0.39, 0.29) is 25.9 Å². The molecule has 0 radical (unpaired) electrons. The van der Waals surface area contributed by atoms with Crippen LogP contribution in [0, 0.1) is 0 Å². The van der Waals surface area contributed by atoms with Crippen LogP contribution in [0.4, 0.5) is 0 Å². The molecule has 1 aliphatic heterocycles. The van der Waals surface area contributed by atoms with Crippen molar-refractivity contribution in [1.29, 1.82) is 0 Å². The van der Waals surface area contributed by atoms with Gasteiger partial charge in [-0.3, -0.25) is 14.4 Å². The van der Waals surface area contributed by atoms with Crippen LogP contribution in [-0.2, 0) is 42.9 Å². The van der Waals surface area contributed by atoms with Gasteiger partial charge in [-0.15, -0.1) is 0 Å². The van der Waals surface area contributed by atoms with Crippen molar-refractivity contribution in [3.05, 3.63) is 24.3 Å². The number of hydrogen-bond acceptors (Lipinski definition) is 11. The Morgan fingerprint density at radius 2 is 0.817 bits per heavy atom. The minimum absolute atomic E-state index is 0.0535. The lowest BCUT2D eigenvalue weighted by molar-refractivity contribution is -0.301. The van der Waals surface area contributed by atoms with Crippen LogP contribution in [-0.4, -0.2) is 89.2 Å². The fraction of sp³-hybridized carbons (Fsp3) is 0.864. The molecule has 0 aliphatic carbocycles. The number of rotatable bonds is 50. The molecule has 6 unspecified atom stereocenters. The molecule has 0 bridgehead atoms. The Balaban J connectivity index is 2.68. The summed E-state index contributed by atoms with van der Waals surface area (Å²) in [4.78, 5) is 51.0. The van der Waals surface area contributed by atoms with E-state index in [2.05, 4.69) is 45.1 Å². The molecule has 12 nitrogen and oxygen atoms in total. The van der Waals surface area contributed by atoms with Gasteiger partial charge in [-0.1, -0.05) is 218 Å². The molecular formula is C59H106O12. The normalized spacial score (nSPS) is 18.6. The molecule has 71 heavy (non-hydrogen) atoms. The Labute approximate surface area is 432 Å². The zero-order chi connectivity index (χ0) is 51.8. The second-order valence-electron chi connectivity index (χ2n) is 20.3. The summed E-state index contributed by atoms with van der Waals surface area (Å²) in [7, 11) is 0. The number of carbonyl (C=O) groups is 4. The number of allylic oxidation sites excluding steroid dienone is 4. The molecule has 6 atom stereocenters. The summed E-state index contributed by atoms with van der Waals surface area (Å²) in [5.41, 5.74) is 0. The number of esters is 3. The maximum absolute atomic E-state index is 13.1. The summed E-state index contributed by atoms with van der Waals surface area (Å²) in [6.45, 7) is 5.95. The molecule has 12 heteroatoms. The first kappa shape index (κ1) is 66.2. The SMILES string of the molecule is CCCC/C=C\CCCCCCCC(=O)OC1C(OCC(COC(=O)CCCCCCCCC/C=C\CCCCCCCC)OC(=O)CCCCCCCCCCCCCCC)OC(C(=O)O)C(O)C1O. The van der Waals surface area contributed by atoms with Crippen LogP contribution >= 0.6 is 0 Å². The van der Waals surface area contributed by atoms with Crippen LogP contribution in [0.5, 0.6) is 0 Å². The minimum atomic E-state index is -1.90. The third-order valence-electron chi connectivity index (χ3n) is 13.5. The highest BCUT2D eigenvalue weighted by atomic mass is 16.7. The smallest absolute Gasteiger partial charge is 0.335 e. The fourth-order valence-corrected chi connectivity index (χ4v) is 8.93. The molecule has 414 valence electrons. The van der Waals surface area contributed by atoms with Gasteiger partial charge < -0.3 is 39.0 Å². The highest BCUT2D eigenvalue weighted by Crippen LogP contribution is 2.26. The summed E-state index contributed by atoms with van der Waals surface area (Å²) < 4.78 is 28.4. The number of hydrogen-bond donors (Lipinski definition) is 3. The van der Waals surface area contributed by atoms with E-state index in [0.29, 0.717) is 19.3 Å². The van der Waals surface area contributed by atoms with Gasteiger partial charge in [0.25, 0.3) is 0 Å². The van der Waals surface area contributed by atoms with Crippen molar-refractivity contribution in [2.75, 3.05) is 13.2 Å². The highest BCUT2D eigenvalue weighted by molar-refractivity contribution is 5.74. The largest absolute Gasteiger partial charge is 0.479 e. The van der Waals surface area contributed by atoms with Crippen LogP contribution in [0.2, 0.25) is 0 Å². The third-order valence-corrected chi connectivity index (χ3v) is 13.5. The molecule has 1 saturated heterocycles. The van der Waals surface area contributed by atoms with E-state index in [1.54, 1.807) is 0 Å². The number of carboxylic acids is 1. The number of aliphatic hydroxyl groups is 2. The predicted octanol–water partition coefficient (Wildman–Crippen LogP) is 14.7. The maximum Gasteiger partial charge on any atom is 0.335 e. The van der Waals surface area contributed by atoms with Gasteiger partial charge in [0, 0.05) is 19.3 Å². The minimum Gasteiger partial charge on any atom is -0.479 e. The number of aliphatic hydroxyl groups excluding tert-OH is 2. The lowest BCUT2D eigenvalue weighted by Gasteiger charge is -2.40. The van der Waals surface area contributed by atoms with Gasteiger partial charge in [-0.25, -0.2) is 4.79 Å². The molecule has 0 saturated carbocycles. The van der Waals surface area contributed by atoms with Gasteiger partial charge in [0.15, 0.2) is 24.6 Å². The topological polar surface area (TPSA) is 175 Å². The Bertz CT molecular complexity index is 1340. The lowest BCUT2D eigenvalue weighted by atomic mass is 9.98. The number of ether oxygens (including phenoxy) is 5. The summed E-state index contributed by atoms with van der Waals surface area (Å²) in [6, 6.07) is 0. The van der Waals surface area contributed by atoms with E-state index in [0.717, 1.165) is 83.5 Å². The molecular weight excluding hydrogens is 901 g/mol. The Kier molecular flexibility index (Phi) is 44.9. The van der Waals surface area contributed by atoms with E-state index in [1.807, 2.05) is 0 Å². The molecule has 1 rings (SSSR count). The molecule has 3 N–H and O–H groups in total. The first-order valence-electron chi connectivity index (χ1n) is 29.3. The number of carbonyl (C=O) groups excluding carboxylic acids is 3. The van der Waals surface area contributed by atoms with Gasteiger partial charge in [-0.2, -0.15) is 0 Å². The predicted molar refractivity (Wildman–Crippen MR) is 285 cm³/mol. The highest BCUT2D eigenvalue weighted by Gasteiger charge is 2.50. The summed E-state index contributed by atoms with van der Waals surface area (Å²) in [6.07, 6.45) is 41.6. The number of unbranched alkanes of at least 4 members (excludes halogenated alkanes) is 32. The first-order chi connectivity index (χ1) is 34.6. The summed E-state index contributed by atoms with van der Waals surface area (Å²) in [5.74, 6) is -3.11. The molecule has 0 aromatic heterocycles. The summed E-state index contributed by atoms with van der Waals surface area (Å²) in [5, 5.41) is 31.4. The van der Waals surface area contributed by atoms with Crippen molar-refractivity contribution in [1.82, 2.24) is 0 Å². The lowest BCUT2D eigenvalue weighted by Crippen LogP contribution is -2.61. The van der Waals surface area contributed by atoms with Crippen molar-refractivity contribution in [3.8, 4) is 0 Å². The Morgan fingerprint density at radius 3 is 1.24 bits per heavy atom. The van der Waals surface area contributed by atoms with Crippen LogP contribution in [0.25, 0.3) is 0 Å². The molecule has 0 aromatic carbocycles. The van der Waals surface area contributed by atoms with Crippen molar-refractivity contribution in [3.63, 3.8) is 0 Å². The quantitative estimate of drug-likeness (QED) is 0.0228. The van der Waals surface area contributed by atoms with Crippen molar-refractivity contribution in [2.24, 2.45) is 0 Å². The van der Waals surface area contributed by atoms with E-state index in [1.165, 1.54) is 135 Å². The van der Waals surface area contributed by atoms with Crippen molar-refractivity contribution < 1.29 is 58.2 Å². The van der Waals surface area contributed by atoms with Crippen molar-refractivity contribution >= 4 is 23.9 Å². The van der Waals surface area contributed by atoms with Gasteiger partial charge in [0.05, 0.1) is 6.61 Å². The van der Waals surface area contributed by atoms with E-state index in [9.17, 15) is 34.5 Å². The molecule has 0 amide bonds. The van der Waals surface area contributed by atoms with Gasteiger partial charge in [0.1, 0.15) is 18.8 Å². The zero-order valence-corrected chi connectivity index (χ0v) is 45.5. The van der Waals surface area contributed by atoms with E-state index in [4.69, 9.17) is 23.7 Å². The number of carboxylic acid groups (broad SMARTS) is 1. The zero-order valence-electron chi connectivity index (χ0n) is 45.5. The Hall–Kier alpha value is -2.80. The molecule has 0 aromatic rings. The molecule has 1 aliphatic rings. The van der Waals surface area contributed by atoms with E-state index < -0.39 is 67.3 Å². The maximum atomic E-state index is 13.1. The van der Waals surface area contributed by atoms with E-state index >= 15 is 0 Å². The second-order valence-corrected chi connectivity index (χ2v) is 20.3. The van der Waals surface area contributed by atoms with Crippen LogP contribution in [0.3, 0.4) is 0 Å². The van der Waals surface area contributed by atoms with Crippen LogP contribution in [0.1, 0.15) is 278 Å². The standard InChI is InChI=1S/C59H106O12/c1-4-7-10-13-16-19-22-24-25-26-27-29-31-33-36-39-42-45-51(60)67-48-50(69-52(61)46-43-40-37-35-32-28-23-20-17-14-11-8-5-2)49-68-59-57(55(64)54(63)56(71-59)58(65)66)70-53(62)47-44-41-38-34-30-21-18-15-12-9-6-3/h15,18,24-25,50,54-57,59,63-64H,4-14,16-17,19-23,26-49H2,1-3H3,(H,65,66)/b18-15-,25-24-. The third kappa shape index (κ3) is 38.4. The fourth-order valence-electron chi connectivity index (χ4n) is 8.93. The average molecular weight is 1010 g/mol. The average Bonchev–Trinajstić information content (AvgIpc) is 3.35. The molecule has 1 fully saturated rings. The molecule has 1 heterocycles. The Morgan fingerprint density at radius 1 is 0.451 bits per heavy atom. The van der Waals surface area contributed by atoms with Gasteiger partial charge in [0.2, 0.25) is 0 Å². The van der Waals surface area contributed by atoms with Gasteiger partial charge >= 0.3 is 23.9 Å². The van der Waals surface area contributed by atoms with Crippen LogP contribution < -0.4 is 0 Å². The monoisotopic (exact) mass is 1010 g/mol. The second kappa shape index (κ2) is 48.2. The first-order valence-corrected chi connectivity index (χ1v) is 29.3. The van der Waals surface area contributed by atoms with Crippen LogP contribution in [0.15, 0.2) is 24.3 Å². The van der Waals surface area contributed by atoms with Crippen molar-refractivity contribution in [2.45, 2.75) is 314 Å².